The van der Waals surface area contributed by atoms with Gasteiger partial charge in [-0.2, -0.15) is 0 Å². The molecule has 1 amide bonds. The number of hydrogen-bond donors (Lipinski definition) is 1. The van der Waals surface area contributed by atoms with Crippen LogP contribution in [-0.2, 0) is 0 Å². The van der Waals surface area contributed by atoms with Crippen LogP contribution < -0.4 is 5.32 Å². The van der Waals surface area contributed by atoms with Crippen molar-refractivity contribution < 1.29 is 4.79 Å². The second kappa shape index (κ2) is 6.09. The van der Waals surface area contributed by atoms with Crippen LogP contribution in [0, 0.1) is 0 Å². The van der Waals surface area contributed by atoms with Crippen LogP contribution in [0.3, 0.4) is 0 Å². The Morgan fingerprint density at radius 2 is 2.32 bits per heavy atom. The van der Waals surface area contributed by atoms with Gasteiger partial charge in [-0.05, 0) is 55.7 Å². The molecule has 5 heteroatoms. The normalized spacial score (nSPS) is 19.4. The number of carbonyl (C=O) groups is 1. The van der Waals surface area contributed by atoms with E-state index >= 15 is 0 Å². The topological polar surface area (TPSA) is 37.3 Å². The summed E-state index contributed by atoms with van der Waals surface area (Å²) < 4.78 is 3.01. The molecular weight excluding hydrogens is 306 g/mol. The van der Waals surface area contributed by atoms with E-state index in [0.717, 1.165) is 36.1 Å². The number of rotatable bonds is 4. The van der Waals surface area contributed by atoms with Gasteiger partial charge in [-0.3, -0.25) is 4.79 Å². The second-order valence-electron chi connectivity index (χ2n) is 5.40. The second-order valence-corrected chi connectivity index (χ2v) is 6.31. The molecule has 0 bridgehead atoms. The lowest BCUT2D eigenvalue weighted by atomic mass is 10.2. The summed E-state index contributed by atoms with van der Waals surface area (Å²) in [5.74, 6) is 0.150. The Labute approximate surface area is 123 Å². The molecule has 1 aromatic heterocycles. The lowest BCUT2D eigenvalue weighted by molar-refractivity contribution is 0.0724. The van der Waals surface area contributed by atoms with Gasteiger partial charge in [0, 0.05) is 35.8 Å². The van der Waals surface area contributed by atoms with Gasteiger partial charge < -0.3 is 14.8 Å². The lowest BCUT2D eigenvalue weighted by Gasteiger charge is -2.25. The maximum atomic E-state index is 12.7. The first-order chi connectivity index (χ1) is 9.04. The Morgan fingerprint density at radius 1 is 1.58 bits per heavy atom. The summed E-state index contributed by atoms with van der Waals surface area (Å²) in [4.78, 5) is 14.7. The number of nitrogens with zero attached hydrogens (tertiary/aromatic N) is 2. The van der Waals surface area contributed by atoms with E-state index < -0.39 is 0 Å². The van der Waals surface area contributed by atoms with Crippen molar-refractivity contribution in [2.75, 3.05) is 20.1 Å². The third kappa shape index (κ3) is 3.03. The molecule has 0 aliphatic carbocycles. The van der Waals surface area contributed by atoms with E-state index in [0.29, 0.717) is 6.04 Å². The van der Waals surface area contributed by atoms with Gasteiger partial charge in [0.1, 0.15) is 5.69 Å². The van der Waals surface area contributed by atoms with Crippen LogP contribution in [0.5, 0.6) is 0 Å². The van der Waals surface area contributed by atoms with Crippen LogP contribution in [0.15, 0.2) is 16.7 Å². The summed E-state index contributed by atoms with van der Waals surface area (Å²) in [6.45, 7) is 5.93. The Bertz CT molecular complexity index is 456. The monoisotopic (exact) mass is 327 g/mol. The Balaban J connectivity index is 2.24. The molecule has 1 fully saturated rings. The number of amides is 1. The predicted octanol–water partition coefficient (Wildman–Crippen LogP) is 2.66. The molecule has 1 N–H and O–H groups in total. The number of halogens is 1. The van der Waals surface area contributed by atoms with Crippen molar-refractivity contribution >= 4 is 21.8 Å². The van der Waals surface area contributed by atoms with Crippen molar-refractivity contribution in [3.8, 4) is 0 Å². The summed E-state index contributed by atoms with van der Waals surface area (Å²) in [6.07, 6.45) is 4.18. The molecule has 0 aromatic carbocycles. The predicted molar refractivity (Wildman–Crippen MR) is 80.5 cm³/mol. The average Bonchev–Trinajstić information content (AvgIpc) is 2.95. The molecule has 0 unspecified atom stereocenters. The van der Waals surface area contributed by atoms with Gasteiger partial charge >= 0.3 is 0 Å². The van der Waals surface area contributed by atoms with Crippen LogP contribution in [0.4, 0.5) is 0 Å². The van der Waals surface area contributed by atoms with Crippen molar-refractivity contribution in [2.45, 2.75) is 38.8 Å². The molecule has 106 valence electrons. The van der Waals surface area contributed by atoms with E-state index in [-0.39, 0.29) is 11.9 Å². The summed E-state index contributed by atoms with van der Waals surface area (Å²) in [5, 5.41) is 3.18. The number of nitrogens with one attached hydrogen (secondary N) is 1. The largest absolute Gasteiger partial charge is 0.340 e. The molecule has 2 heterocycles. The Hall–Kier alpha value is -0.810. The highest BCUT2D eigenvalue weighted by Gasteiger charge is 2.30. The highest BCUT2D eigenvalue weighted by atomic mass is 79.9. The lowest BCUT2D eigenvalue weighted by Crippen LogP contribution is -2.41. The average molecular weight is 328 g/mol. The van der Waals surface area contributed by atoms with Crippen LogP contribution >= 0.6 is 15.9 Å². The fraction of sp³-hybridized carbons (Fsp3) is 0.643. The minimum Gasteiger partial charge on any atom is -0.340 e. The van der Waals surface area contributed by atoms with E-state index in [4.69, 9.17) is 0 Å². The van der Waals surface area contributed by atoms with E-state index in [2.05, 4.69) is 35.1 Å². The first-order valence-electron chi connectivity index (χ1n) is 6.87. The summed E-state index contributed by atoms with van der Waals surface area (Å²) >= 11 is 3.47. The Morgan fingerprint density at radius 3 is 2.95 bits per heavy atom. The maximum Gasteiger partial charge on any atom is 0.270 e. The summed E-state index contributed by atoms with van der Waals surface area (Å²) in [5.41, 5.74) is 0.782. The van der Waals surface area contributed by atoms with Crippen LogP contribution in [0.1, 0.15) is 43.2 Å². The molecule has 1 aliphatic rings. The first kappa shape index (κ1) is 14.6. The summed E-state index contributed by atoms with van der Waals surface area (Å²) in [7, 11) is 1.94. The molecular formula is C14H22BrN3O. The highest BCUT2D eigenvalue weighted by Crippen LogP contribution is 2.24. The van der Waals surface area contributed by atoms with Crippen molar-refractivity contribution in [1.29, 1.82) is 0 Å². The first-order valence-corrected chi connectivity index (χ1v) is 7.66. The quantitative estimate of drug-likeness (QED) is 0.923. The fourth-order valence-electron chi connectivity index (χ4n) is 2.74. The van der Waals surface area contributed by atoms with Crippen molar-refractivity contribution in [3.05, 3.63) is 22.4 Å². The fourth-order valence-corrected chi connectivity index (χ4v) is 3.18. The van der Waals surface area contributed by atoms with Gasteiger partial charge in [-0.15, -0.1) is 0 Å². The third-order valence-electron chi connectivity index (χ3n) is 3.67. The molecule has 1 aromatic rings. The maximum absolute atomic E-state index is 12.7. The van der Waals surface area contributed by atoms with E-state index in [1.807, 2.05) is 28.8 Å². The van der Waals surface area contributed by atoms with Crippen LogP contribution in [0.2, 0.25) is 0 Å². The molecule has 0 spiro atoms. The zero-order valence-electron chi connectivity index (χ0n) is 11.8. The zero-order valence-corrected chi connectivity index (χ0v) is 13.4. The standard InChI is InChI=1S/C14H22BrN3O/c1-10(2)18-9-11(15)7-13(18)14(19)17-6-4-5-12(17)8-16-3/h7,9-10,12,16H,4-6,8H2,1-3H3/t12-/m1/s1. The molecule has 1 atom stereocenters. The van der Waals surface area contributed by atoms with Gasteiger partial charge in [0.15, 0.2) is 0 Å². The number of carbonyl (C=O) groups excluding carboxylic acids is 1. The van der Waals surface area contributed by atoms with Crippen molar-refractivity contribution in [3.63, 3.8) is 0 Å². The van der Waals surface area contributed by atoms with Crippen LogP contribution in [0.25, 0.3) is 0 Å². The molecule has 0 radical (unpaired) electrons. The number of likely N-dealkylation sites (N-methyl/N-ethyl adjacent to an activating group) is 1. The minimum atomic E-state index is 0.150. The Kier molecular flexibility index (Phi) is 4.68. The number of likely N-dealkylation sites (tertiary alicyclic amines) is 1. The molecule has 0 saturated carbocycles. The highest BCUT2D eigenvalue weighted by molar-refractivity contribution is 9.10. The van der Waals surface area contributed by atoms with Crippen molar-refractivity contribution in [1.82, 2.24) is 14.8 Å². The van der Waals surface area contributed by atoms with Crippen LogP contribution in [-0.4, -0.2) is 41.6 Å². The molecule has 1 saturated heterocycles. The number of aromatic nitrogens is 1. The number of hydrogen-bond acceptors (Lipinski definition) is 2. The summed E-state index contributed by atoms with van der Waals surface area (Å²) in [6, 6.07) is 2.54. The van der Waals surface area contributed by atoms with E-state index in [1.54, 1.807) is 0 Å². The molecule has 19 heavy (non-hydrogen) atoms. The zero-order chi connectivity index (χ0) is 14.0. The SMILES string of the molecule is CNC[C@H]1CCCN1C(=O)c1cc(Br)cn1C(C)C. The van der Waals surface area contributed by atoms with Gasteiger partial charge in [-0.25, -0.2) is 0 Å². The van der Waals surface area contributed by atoms with Gasteiger partial charge in [0.2, 0.25) is 0 Å². The molecule has 1 aliphatic heterocycles. The smallest absolute Gasteiger partial charge is 0.270 e. The van der Waals surface area contributed by atoms with Gasteiger partial charge in [-0.1, -0.05) is 0 Å². The molecule has 2 rings (SSSR count). The molecule has 4 nitrogen and oxygen atoms in total. The van der Waals surface area contributed by atoms with E-state index in [1.165, 1.54) is 0 Å². The van der Waals surface area contributed by atoms with E-state index in [9.17, 15) is 4.79 Å². The van der Waals surface area contributed by atoms with Crippen molar-refractivity contribution in [2.24, 2.45) is 0 Å². The minimum absolute atomic E-state index is 0.150. The van der Waals surface area contributed by atoms with Gasteiger partial charge in [0.05, 0.1) is 0 Å². The van der Waals surface area contributed by atoms with Gasteiger partial charge in [0.25, 0.3) is 5.91 Å². The third-order valence-corrected chi connectivity index (χ3v) is 4.10.